The van der Waals surface area contributed by atoms with E-state index in [9.17, 15) is 14.9 Å². The molecule has 0 bridgehead atoms. The average Bonchev–Trinajstić information content (AvgIpc) is 3.35. The number of halogens is 1. The van der Waals surface area contributed by atoms with Gasteiger partial charge in [-0.1, -0.05) is 71.8 Å². The molecule has 0 N–H and O–H groups in total. The van der Waals surface area contributed by atoms with Gasteiger partial charge >= 0.3 is 0 Å². The number of carbonyl (C=O) groups excluding carboxylic acids is 2. The van der Waals surface area contributed by atoms with Gasteiger partial charge in [-0.25, -0.2) is 4.68 Å². The maximum Gasteiger partial charge on any atom is 0.271 e. The van der Waals surface area contributed by atoms with Gasteiger partial charge in [0.2, 0.25) is 0 Å². The molecule has 5 rings (SSSR count). The van der Waals surface area contributed by atoms with Gasteiger partial charge in [-0.15, -0.1) is 0 Å². The fourth-order valence-corrected chi connectivity index (χ4v) is 4.47. The molecule has 6 nitrogen and oxygen atoms in total. The van der Waals surface area contributed by atoms with Crippen molar-refractivity contribution in [1.29, 1.82) is 5.26 Å². The number of amides is 2. The van der Waals surface area contributed by atoms with E-state index in [-0.39, 0.29) is 17.7 Å². The molecule has 0 saturated carbocycles. The van der Waals surface area contributed by atoms with E-state index in [4.69, 9.17) is 16.7 Å². The van der Waals surface area contributed by atoms with Crippen LogP contribution in [-0.2, 0) is 16.1 Å². The summed E-state index contributed by atoms with van der Waals surface area (Å²) < 4.78 is 1.74. The first-order valence-electron chi connectivity index (χ1n) is 12.0. The van der Waals surface area contributed by atoms with Gasteiger partial charge in [0.1, 0.15) is 11.6 Å². The monoisotopic (exact) mass is 518 g/mol. The fourth-order valence-electron chi connectivity index (χ4n) is 4.34. The zero-order valence-electron chi connectivity index (χ0n) is 20.9. The van der Waals surface area contributed by atoms with Crippen molar-refractivity contribution in [1.82, 2.24) is 14.7 Å². The summed E-state index contributed by atoms with van der Waals surface area (Å²) in [6, 6.07) is 26.5. The second-order valence-corrected chi connectivity index (χ2v) is 9.51. The summed E-state index contributed by atoms with van der Waals surface area (Å²) >= 11 is 6.11. The lowest BCUT2D eigenvalue weighted by atomic mass is 9.93. The molecule has 0 atom stereocenters. The zero-order valence-corrected chi connectivity index (χ0v) is 21.6. The molecule has 0 spiro atoms. The predicted octanol–water partition coefficient (Wildman–Crippen LogP) is 6.29. The minimum absolute atomic E-state index is 0.0496. The van der Waals surface area contributed by atoms with Gasteiger partial charge < -0.3 is 0 Å². The highest BCUT2D eigenvalue weighted by Gasteiger charge is 2.35. The highest BCUT2D eigenvalue weighted by molar-refractivity contribution is 6.30. The fraction of sp³-hybridized carbons (Fsp3) is 0.0968. The lowest BCUT2D eigenvalue weighted by molar-refractivity contribution is -0.141. The van der Waals surface area contributed by atoms with Gasteiger partial charge in [-0.3, -0.25) is 14.5 Å². The predicted molar refractivity (Wildman–Crippen MR) is 147 cm³/mol. The van der Waals surface area contributed by atoms with Crippen molar-refractivity contribution in [3.8, 4) is 23.0 Å². The molecule has 0 unspecified atom stereocenters. The van der Waals surface area contributed by atoms with Crippen LogP contribution in [-0.4, -0.2) is 26.5 Å². The molecule has 0 saturated heterocycles. The molecule has 4 aromatic rings. The Kier molecular flexibility index (Phi) is 6.78. The van der Waals surface area contributed by atoms with E-state index in [2.05, 4.69) is 0 Å². The van der Waals surface area contributed by atoms with Crippen molar-refractivity contribution in [2.75, 3.05) is 0 Å². The highest BCUT2D eigenvalue weighted by atomic mass is 35.5. The van der Waals surface area contributed by atoms with Crippen LogP contribution in [0.3, 0.4) is 0 Å². The van der Waals surface area contributed by atoms with Crippen LogP contribution in [0.2, 0.25) is 5.02 Å². The number of benzene rings is 3. The molecule has 186 valence electrons. The van der Waals surface area contributed by atoms with E-state index >= 15 is 0 Å². The van der Waals surface area contributed by atoms with E-state index in [0.29, 0.717) is 21.9 Å². The summed E-state index contributed by atoms with van der Waals surface area (Å²) in [5.41, 5.74) is 5.41. The average molecular weight is 519 g/mol. The number of hydrogen-bond acceptors (Lipinski definition) is 4. The van der Waals surface area contributed by atoms with Crippen LogP contribution in [0.15, 0.2) is 102 Å². The van der Waals surface area contributed by atoms with E-state index in [1.54, 1.807) is 29.8 Å². The van der Waals surface area contributed by atoms with E-state index in [1.165, 1.54) is 0 Å². The van der Waals surface area contributed by atoms with Crippen LogP contribution in [0.1, 0.15) is 23.6 Å². The number of imide groups is 1. The standard InChI is InChI=1S/C31H23ClN4O2/c1-20-8-10-22(11-9-20)18-35-30(37)27(21(2)28(17-33)31(35)38)16-24-19-36(26-6-4-3-5-7-26)34-29(24)23-12-14-25(32)15-13-23/h3-16,19H,18H2,1-2H3/b27-16+. The van der Waals surface area contributed by atoms with E-state index < -0.39 is 11.8 Å². The van der Waals surface area contributed by atoms with Crippen molar-refractivity contribution in [3.63, 3.8) is 0 Å². The largest absolute Gasteiger partial charge is 0.271 e. The molecule has 1 aliphatic heterocycles. The quantitative estimate of drug-likeness (QED) is 0.229. The molecule has 2 heterocycles. The molecule has 2 amide bonds. The Balaban J connectivity index is 1.64. The Hall–Kier alpha value is -4.73. The third-order valence-electron chi connectivity index (χ3n) is 6.47. The van der Waals surface area contributed by atoms with Crippen LogP contribution in [0.25, 0.3) is 23.0 Å². The Morgan fingerprint density at radius 3 is 2.26 bits per heavy atom. The van der Waals surface area contributed by atoms with Crippen LogP contribution in [0.5, 0.6) is 0 Å². The van der Waals surface area contributed by atoms with Gasteiger partial charge in [0.15, 0.2) is 0 Å². The molecule has 0 radical (unpaired) electrons. The summed E-state index contributed by atoms with van der Waals surface area (Å²) in [7, 11) is 0. The molecule has 0 aliphatic carbocycles. The molecular weight excluding hydrogens is 496 g/mol. The second kappa shape index (κ2) is 10.3. The maximum absolute atomic E-state index is 13.7. The molecule has 3 aromatic carbocycles. The van der Waals surface area contributed by atoms with Crippen LogP contribution < -0.4 is 0 Å². The number of rotatable bonds is 5. The minimum Gasteiger partial charge on any atom is -0.269 e. The van der Waals surface area contributed by atoms with Gasteiger partial charge in [0.05, 0.1) is 17.9 Å². The molecule has 1 aromatic heterocycles. The number of nitrogens with zero attached hydrogens (tertiary/aromatic N) is 4. The highest BCUT2D eigenvalue weighted by Crippen LogP contribution is 2.32. The number of aromatic nitrogens is 2. The Bertz CT molecular complexity index is 1640. The normalized spacial score (nSPS) is 14.8. The summed E-state index contributed by atoms with van der Waals surface area (Å²) in [6.07, 6.45) is 3.54. The molecule has 7 heteroatoms. The number of nitriles is 1. The van der Waals surface area contributed by atoms with Gasteiger partial charge in [0, 0.05) is 27.9 Å². The Labute approximate surface area is 225 Å². The summed E-state index contributed by atoms with van der Waals surface area (Å²) in [4.78, 5) is 28.0. The van der Waals surface area contributed by atoms with E-state index in [1.807, 2.05) is 85.9 Å². The van der Waals surface area contributed by atoms with Crippen molar-refractivity contribution >= 4 is 29.5 Å². The van der Waals surface area contributed by atoms with E-state index in [0.717, 1.165) is 27.3 Å². The Morgan fingerprint density at radius 2 is 1.61 bits per heavy atom. The van der Waals surface area contributed by atoms with Crippen LogP contribution >= 0.6 is 11.6 Å². The number of aryl methyl sites for hydroxylation is 1. The zero-order chi connectivity index (χ0) is 26.8. The van der Waals surface area contributed by atoms with Crippen LogP contribution in [0, 0.1) is 18.3 Å². The van der Waals surface area contributed by atoms with Gasteiger partial charge in [0.25, 0.3) is 11.8 Å². The minimum atomic E-state index is -0.592. The first kappa shape index (κ1) is 24.9. The van der Waals surface area contributed by atoms with Crippen molar-refractivity contribution in [3.05, 3.63) is 123 Å². The topological polar surface area (TPSA) is 79.0 Å². The van der Waals surface area contributed by atoms with Gasteiger partial charge in [-0.05, 0) is 55.3 Å². The number of para-hydroxylation sites is 1. The molecule has 0 fully saturated rings. The smallest absolute Gasteiger partial charge is 0.269 e. The third kappa shape index (κ3) is 4.80. The first-order chi connectivity index (χ1) is 18.4. The lowest BCUT2D eigenvalue weighted by Gasteiger charge is -2.27. The first-order valence-corrected chi connectivity index (χ1v) is 12.4. The molecule has 38 heavy (non-hydrogen) atoms. The summed E-state index contributed by atoms with van der Waals surface area (Å²) in [5.74, 6) is -1.05. The van der Waals surface area contributed by atoms with Gasteiger partial charge in [-0.2, -0.15) is 10.4 Å². The van der Waals surface area contributed by atoms with Crippen molar-refractivity contribution in [2.24, 2.45) is 0 Å². The third-order valence-corrected chi connectivity index (χ3v) is 6.72. The molecule has 1 aliphatic rings. The number of carbonyl (C=O) groups is 2. The summed E-state index contributed by atoms with van der Waals surface area (Å²) in [6.45, 7) is 3.67. The van der Waals surface area contributed by atoms with Crippen LogP contribution in [0.4, 0.5) is 0 Å². The SMILES string of the molecule is CC1=C(C#N)C(=O)N(Cc2ccc(C)cc2)C(=O)/C1=C/c1cn(-c2ccccc2)nc1-c1ccc(Cl)cc1. The number of hydrogen-bond donors (Lipinski definition) is 0. The second-order valence-electron chi connectivity index (χ2n) is 9.07. The Morgan fingerprint density at radius 1 is 0.921 bits per heavy atom. The van der Waals surface area contributed by atoms with Crippen molar-refractivity contribution < 1.29 is 9.59 Å². The maximum atomic E-state index is 13.7. The van der Waals surface area contributed by atoms with Crippen molar-refractivity contribution in [2.45, 2.75) is 20.4 Å². The lowest BCUT2D eigenvalue weighted by Crippen LogP contribution is -2.42. The summed E-state index contributed by atoms with van der Waals surface area (Å²) in [5, 5.41) is 15.2. The molecular formula is C31H23ClN4O2.